The minimum Gasteiger partial charge on any atom is -0.303 e. The summed E-state index contributed by atoms with van der Waals surface area (Å²) in [6.45, 7) is 8.47. The second kappa shape index (κ2) is 7.13. The fourth-order valence-electron chi connectivity index (χ4n) is 1.94. The third kappa shape index (κ3) is 4.54. The van der Waals surface area contributed by atoms with Gasteiger partial charge < -0.3 is 4.90 Å². The Hall–Kier alpha value is 0.790. The fraction of sp³-hybridized carbons (Fsp3) is 1.00. The van der Waals surface area contributed by atoms with Crippen LogP contribution in [-0.4, -0.2) is 40.9 Å². The van der Waals surface area contributed by atoms with Gasteiger partial charge in [0, 0.05) is 11.4 Å². The molecule has 0 amide bonds. The second-order valence-corrected chi connectivity index (χ2v) is 6.70. The lowest BCUT2D eigenvalue weighted by Gasteiger charge is -2.34. The van der Waals surface area contributed by atoms with Crippen LogP contribution in [0.15, 0.2) is 0 Å². The van der Waals surface area contributed by atoms with Crippen molar-refractivity contribution in [3.05, 3.63) is 0 Å². The van der Waals surface area contributed by atoms with E-state index >= 15 is 0 Å². The topological polar surface area (TPSA) is 3.24 Å². The van der Waals surface area contributed by atoms with Crippen LogP contribution in [0.1, 0.15) is 26.7 Å². The van der Waals surface area contributed by atoms with Gasteiger partial charge in [0.15, 0.2) is 0 Å². The van der Waals surface area contributed by atoms with E-state index in [4.69, 9.17) is 0 Å². The average molecular weight is 280 g/mol. The van der Waals surface area contributed by atoms with Gasteiger partial charge in [0.1, 0.15) is 0 Å². The van der Waals surface area contributed by atoms with Crippen LogP contribution in [0.25, 0.3) is 0 Å². The lowest BCUT2D eigenvalue weighted by Crippen LogP contribution is -2.40. The summed E-state index contributed by atoms with van der Waals surface area (Å²) in [6, 6.07) is 0. The fourth-order valence-corrected chi connectivity index (χ4v) is 2.93. The molecule has 1 rings (SSSR count). The molecule has 0 bridgehead atoms. The maximum absolute atomic E-state index is 3.74. The van der Waals surface area contributed by atoms with Gasteiger partial charge in [0.25, 0.3) is 0 Å². The lowest BCUT2D eigenvalue weighted by atomic mass is 10.00. The highest BCUT2D eigenvalue weighted by Gasteiger charge is 2.23. The van der Waals surface area contributed by atoms with Gasteiger partial charge in [0.05, 0.1) is 0 Å². The van der Waals surface area contributed by atoms with E-state index < -0.39 is 0 Å². The highest BCUT2D eigenvalue weighted by Crippen LogP contribution is 2.23. The first-order valence-electron chi connectivity index (χ1n) is 5.68. The number of thioether (sulfide) groups is 1. The lowest BCUT2D eigenvalue weighted by molar-refractivity contribution is 0.192. The minimum absolute atomic E-state index is 0.753. The van der Waals surface area contributed by atoms with Gasteiger partial charge in [-0.3, -0.25) is 0 Å². The molecular weight excluding hydrogens is 258 g/mol. The zero-order valence-corrected chi connectivity index (χ0v) is 11.7. The van der Waals surface area contributed by atoms with Crippen LogP contribution in [0.5, 0.6) is 0 Å². The standard InChI is InChI=1S/C11H22BrNS/c1-3-14-8-4-6-13-7-5-11(12)10(2)9-13/h10-11H,3-9H2,1-2H3. The molecule has 0 spiro atoms. The van der Waals surface area contributed by atoms with E-state index in [-0.39, 0.29) is 0 Å². The molecule has 0 radical (unpaired) electrons. The van der Waals surface area contributed by atoms with Crippen LogP contribution in [0, 0.1) is 5.92 Å². The zero-order valence-electron chi connectivity index (χ0n) is 9.34. The van der Waals surface area contributed by atoms with Crippen molar-refractivity contribution in [3.63, 3.8) is 0 Å². The normalized spacial score (nSPS) is 29.4. The number of nitrogens with zero attached hydrogens (tertiary/aromatic N) is 1. The third-order valence-electron chi connectivity index (χ3n) is 2.85. The Morgan fingerprint density at radius 1 is 1.50 bits per heavy atom. The summed E-state index contributed by atoms with van der Waals surface area (Å²) in [6.07, 6.45) is 2.68. The van der Waals surface area contributed by atoms with E-state index in [1.807, 2.05) is 0 Å². The Kier molecular flexibility index (Phi) is 6.55. The Morgan fingerprint density at radius 3 is 2.93 bits per heavy atom. The molecular formula is C11H22BrNS. The molecule has 0 saturated carbocycles. The van der Waals surface area contributed by atoms with Gasteiger partial charge in [-0.25, -0.2) is 0 Å². The molecule has 84 valence electrons. The Balaban J connectivity index is 2.07. The molecule has 0 aromatic carbocycles. The van der Waals surface area contributed by atoms with Crippen molar-refractivity contribution in [3.8, 4) is 0 Å². The largest absolute Gasteiger partial charge is 0.303 e. The van der Waals surface area contributed by atoms with Crippen molar-refractivity contribution in [2.75, 3.05) is 31.1 Å². The van der Waals surface area contributed by atoms with Gasteiger partial charge in [-0.2, -0.15) is 11.8 Å². The average Bonchev–Trinajstić information content (AvgIpc) is 2.18. The molecule has 3 heteroatoms. The number of alkyl halides is 1. The number of hydrogen-bond acceptors (Lipinski definition) is 2. The SMILES string of the molecule is CCSCCCN1CCC(Br)C(C)C1. The monoisotopic (exact) mass is 279 g/mol. The van der Waals surface area contributed by atoms with Gasteiger partial charge >= 0.3 is 0 Å². The van der Waals surface area contributed by atoms with E-state index in [1.54, 1.807) is 0 Å². The number of halogens is 1. The van der Waals surface area contributed by atoms with Crippen molar-refractivity contribution in [2.24, 2.45) is 5.92 Å². The highest BCUT2D eigenvalue weighted by molar-refractivity contribution is 9.09. The van der Waals surface area contributed by atoms with Crippen LogP contribution in [0.2, 0.25) is 0 Å². The van der Waals surface area contributed by atoms with Crippen LogP contribution < -0.4 is 0 Å². The highest BCUT2D eigenvalue weighted by atomic mass is 79.9. The Morgan fingerprint density at radius 2 is 2.29 bits per heavy atom. The minimum atomic E-state index is 0.753. The van der Waals surface area contributed by atoms with Crippen LogP contribution in [0.3, 0.4) is 0 Å². The quantitative estimate of drug-likeness (QED) is 0.562. The van der Waals surface area contributed by atoms with E-state index in [9.17, 15) is 0 Å². The number of rotatable bonds is 5. The van der Waals surface area contributed by atoms with E-state index in [0.29, 0.717) is 0 Å². The molecule has 1 heterocycles. The van der Waals surface area contributed by atoms with Crippen molar-refractivity contribution >= 4 is 27.7 Å². The molecule has 0 aliphatic carbocycles. The summed E-state index contributed by atoms with van der Waals surface area (Å²) in [7, 11) is 0. The van der Waals surface area contributed by atoms with E-state index in [1.165, 1.54) is 44.0 Å². The van der Waals surface area contributed by atoms with Crippen molar-refractivity contribution in [1.29, 1.82) is 0 Å². The summed E-state index contributed by atoms with van der Waals surface area (Å²) in [5.41, 5.74) is 0. The maximum atomic E-state index is 3.74. The van der Waals surface area contributed by atoms with Gasteiger partial charge in [-0.1, -0.05) is 29.8 Å². The van der Waals surface area contributed by atoms with Crippen molar-refractivity contribution in [1.82, 2.24) is 4.90 Å². The van der Waals surface area contributed by atoms with E-state index in [2.05, 4.69) is 46.4 Å². The summed E-state index contributed by atoms with van der Waals surface area (Å²) >= 11 is 5.81. The van der Waals surface area contributed by atoms with Crippen LogP contribution in [0.4, 0.5) is 0 Å². The third-order valence-corrected chi connectivity index (χ3v) is 5.20. The zero-order chi connectivity index (χ0) is 10.4. The molecule has 0 aromatic heterocycles. The molecule has 1 saturated heterocycles. The van der Waals surface area contributed by atoms with Gasteiger partial charge in [0.2, 0.25) is 0 Å². The summed E-state index contributed by atoms with van der Waals surface area (Å²) in [4.78, 5) is 3.38. The summed E-state index contributed by atoms with van der Waals surface area (Å²) < 4.78 is 0. The molecule has 2 atom stereocenters. The number of piperidine rings is 1. The van der Waals surface area contributed by atoms with Crippen molar-refractivity contribution in [2.45, 2.75) is 31.5 Å². The first kappa shape index (κ1) is 12.9. The molecule has 1 nitrogen and oxygen atoms in total. The van der Waals surface area contributed by atoms with Crippen LogP contribution in [-0.2, 0) is 0 Å². The molecule has 0 N–H and O–H groups in total. The van der Waals surface area contributed by atoms with E-state index in [0.717, 1.165) is 10.7 Å². The van der Waals surface area contributed by atoms with Crippen LogP contribution >= 0.6 is 27.7 Å². The summed E-state index contributed by atoms with van der Waals surface area (Å²) in [5.74, 6) is 3.42. The first-order chi connectivity index (χ1) is 6.74. The number of likely N-dealkylation sites (tertiary alicyclic amines) is 1. The molecule has 14 heavy (non-hydrogen) atoms. The first-order valence-corrected chi connectivity index (χ1v) is 7.75. The molecule has 1 fully saturated rings. The molecule has 1 aliphatic rings. The van der Waals surface area contributed by atoms with Gasteiger partial charge in [-0.15, -0.1) is 0 Å². The summed E-state index contributed by atoms with van der Waals surface area (Å²) in [5, 5.41) is 0. The predicted molar refractivity (Wildman–Crippen MR) is 70.6 cm³/mol. The van der Waals surface area contributed by atoms with Gasteiger partial charge in [-0.05, 0) is 43.4 Å². The smallest absolute Gasteiger partial charge is 0.0195 e. The maximum Gasteiger partial charge on any atom is 0.0195 e. The second-order valence-electron chi connectivity index (χ2n) is 4.13. The number of hydrogen-bond donors (Lipinski definition) is 0. The predicted octanol–water partition coefficient (Wildman–Crippen LogP) is 3.23. The molecule has 0 aromatic rings. The molecule has 1 aliphatic heterocycles. The Labute approximate surface area is 101 Å². The Bertz CT molecular complexity index is 154. The molecule has 2 unspecified atom stereocenters. The van der Waals surface area contributed by atoms with Crippen molar-refractivity contribution < 1.29 is 0 Å².